The van der Waals surface area contributed by atoms with Crippen molar-refractivity contribution in [1.29, 1.82) is 0 Å². The second-order valence-electron chi connectivity index (χ2n) is 37.5. The number of carbonyl (C=O) groups is 4. The monoisotopic (exact) mass is 1910 g/mol. The molecule has 139 heavy (non-hydrogen) atoms. The largest absolute Gasteiger partial charge is 0.478 e. The maximum Gasteiger partial charge on any atom is 0.335 e. The number of carboxylic acid groups (broad SMARTS) is 2. The molecular formula is C111H128N16O10S2. The van der Waals surface area contributed by atoms with Gasteiger partial charge in [0.1, 0.15) is 23.3 Å². The SMILES string of the molecule is C.C.C.C.C.CN(C)S(=O)(=O)NC(=O)c1ccc2c(C3CCCCC3)c3n(c2c1)Cc1nccn1-c1ccccc1-3.Cc1cn2c(n1)Cn1c(c(C3CCCCC3)c3ccc(C(=O)NS(=O)(=O)N(C)C)cc31)-c1ccccc1-2.Cc1cn2c(n1)Cn1c(c(C3CCCCC3)c3ccc(C(=O)O)cc31)-c1ccccc1-2.O=C(O)c1ccc2c(C3CCCCC3)c3n(c2c1)Cc1nccn1-c1ccccc1-3. The number of imidazole rings is 4. The Morgan fingerprint density at radius 3 is 0.863 bits per heavy atom. The Morgan fingerprint density at radius 2 is 0.590 bits per heavy atom. The second-order valence-corrected chi connectivity index (χ2v) is 41.3. The van der Waals surface area contributed by atoms with Gasteiger partial charge in [0, 0.05) is 120 Å². The number of aryl methyl sites for hydroxylation is 2. The Hall–Kier alpha value is -13.5. The highest BCUT2D eigenvalue weighted by Crippen LogP contribution is 2.53. The predicted octanol–water partition coefficient (Wildman–Crippen LogP) is 23.9. The number of para-hydroxylation sites is 4. The molecule has 0 bridgehead atoms. The van der Waals surface area contributed by atoms with Crippen LogP contribution in [0.15, 0.2) is 207 Å². The van der Waals surface area contributed by atoms with E-state index in [4.69, 9.17) is 9.97 Å². The quantitative estimate of drug-likeness (QED) is 0.0884. The minimum absolute atomic E-state index is 0. The molecule has 8 aliphatic rings. The number of carbonyl (C=O) groups excluding carboxylic acids is 2. The van der Waals surface area contributed by atoms with Gasteiger partial charge in [-0.3, -0.25) is 9.59 Å². The normalized spacial score (nSPS) is 15.3. The Morgan fingerprint density at radius 1 is 0.338 bits per heavy atom. The summed E-state index contributed by atoms with van der Waals surface area (Å²) in [5.74, 6) is 2.61. The Kier molecular flexibility index (Phi) is 28.2. The molecule has 0 atom stereocenters. The zero-order chi connectivity index (χ0) is 92.3. The Balaban J connectivity index is 0.000000133. The van der Waals surface area contributed by atoms with Crippen molar-refractivity contribution in [1.82, 2.24) is 74.5 Å². The maximum absolute atomic E-state index is 13.0. The van der Waals surface area contributed by atoms with Gasteiger partial charge >= 0.3 is 32.4 Å². The van der Waals surface area contributed by atoms with Crippen LogP contribution in [-0.4, -0.2) is 144 Å². The van der Waals surface area contributed by atoms with E-state index in [9.17, 15) is 46.2 Å². The van der Waals surface area contributed by atoms with E-state index in [1.165, 1.54) is 198 Å². The van der Waals surface area contributed by atoms with Gasteiger partial charge < -0.3 is 46.7 Å². The third kappa shape index (κ3) is 17.7. The molecule has 24 rings (SSSR count). The molecule has 4 fully saturated rings. The van der Waals surface area contributed by atoms with E-state index in [1.54, 1.807) is 24.3 Å². The Labute approximate surface area is 814 Å². The summed E-state index contributed by atoms with van der Waals surface area (Å²) in [7, 11) is -2.22. The van der Waals surface area contributed by atoms with E-state index < -0.39 is 44.2 Å². The fraction of sp³-hybridized carbons (Fsp3) is 0.351. The predicted molar refractivity (Wildman–Crippen MR) is 555 cm³/mol. The van der Waals surface area contributed by atoms with Gasteiger partial charge in [-0.1, -0.05) is 211 Å². The number of hydrogen-bond acceptors (Lipinski definition) is 12. The maximum atomic E-state index is 13.0. The summed E-state index contributed by atoms with van der Waals surface area (Å²) in [5.41, 5.74) is 26.5. The van der Waals surface area contributed by atoms with Crippen molar-refractivity contribution in [3.05, 3.63) is 286 Å². The lowest BCUT2D eigenvalue weighted by molar-refractivity contribution is 0.0686. The van der Waals surface area contributed by atoms with Crippen LogP contribution in [0.3, 0.4) is 0 Å². The fourth-order valence-electron chi connectivity index (χ4n) is 22.8. The van der Waals surface area contributed by atoms with Gasteiger partial charge in [0.2, 0.25) is 0 Å². The average Bonchev–Trinajstić information content (AvgIpc) is 1.58. The molecule has 28 heteroatoms. The number of carboxylic acids is 2. The number of amides is 2. The van der Waals surface area contributed by atoms with E-state index in [1.807, 2.05) is 87.2 Å². The molecule has 4 aliphatic carbocycles. The van der Waals surface area contributed by atoms with E-state index in [0.717, 1.165) is 136 Å². The fourth-order valence-corrected chi connectivity index (χ4v) is 23.9. The van der Waals surface area contributed by atoms with Crippen molar-refractivity contribution in [2.75, 3.05) is 28.2 Å². The third-order valence-electron chi connectivity index (χ3n) is 29.0. The minimum atomic E-state index is -3.90. The van der Waals surface area contributed by atoms with Crippen molar-refractivity contribution in [3.63, 3.8) is 0 Å². The first kappa shape index (κ1) is 98.5. The number of aromatic nitrogens is 12. The molecule has 4 aliphatic heterocycles. The molecule has 26 nitrogen and oxygen atoms in total. The number of rotatable bonds is 12. The van der Waals surface area contributed by atoms with E-state index in [2.05, 4.69) is 165 Å². The molecule has 0 saturated heterocycles. The number of aromatic carboxylic acids is 2. The van der Waals surface area contributed by atoms with Crippen LogP contribution < -0.4 is 9.44 Å². The lowest BCUT2D eigenvalue weighted by Crippen LogP contribution is -2.39. The van der Waals surface area contributed by atoms with Crippen LogP contribution in [0.25, 0.3) is 111 Å². The smallest absolute Gasteiger partial charge is 0.335 e. The van der Waals surface area contributed by atoms with E-state index in [0.29, 0.717) is 72.1 Å². The third-order valence-corrected chi connectivity index (χ3v) is 31.8. The first-order valence-electron chi connectivity index (χ1n) is 47.1. The van der Waals surface area contributed by atoms with Crippen LogP contribution in [0.4, 0.5) is 0 Å². The van der Waals surface area contributed by atoms with Gasteiger partial charge in [-0.15, -0.1) is 0 Å². The van der Waals surface area contributed by atoms with Gasteiger partial charge in [0.15, 0.2) is 0 Å². The van der Waals surface area contributed by atoms with Crippen LogP contribution >= 0.6 is 0 Å². The highest BCUT2D eigenvalue weighted by molar-refractivity contribution is 7.88. The molecule has 4 N–H and O–H groups in total. The van der Waals surface area contributed by atoms with Crippen LogP contribution in [0, 0.1) is 13.8 Å². The topological polar surface area (TPSA) is 299 Å². The molecule has 16 aromatic rings. The summed E-state index contributed by atoms with van der Waals surface area (Å²) in [6.07, 6.45) is 36.2. The highest BCUT2D eigenvalue weighted by atomic mass is 32.2. The zero-order valence-electron chi connectivity index (χ0n) is 76.1. The van der Waals surface area contributed by atoms with Crippen molar-refractivity contribution < 1.29 is 46.2 Å². The molecule has 8 aromatic carbocycles. The van der Waals surface area contributed by atoms with Crippen LogP contribution in [0.5, 0.6) is 0 Å². The number of fused-ring (bicyclic) bond motifs is 28. The van der Waals surface area contributed by atoms with Crippen molar-refractivity contribution in [3.8, 4) is 67.8 Å². The van der Waals surface area contributed by atoms with Crippen LogP contribution in [0.2, 0.25) is 0 Å². The van der Waals surface area contributed by atoms with Crippen molar-refractivity contribution in [2.24, 2.45) is 0 Å². The Bertz CT molecular complexity index is 7650. The van der Waals surface area contributed by atoms with Crippen LogP contribution in [-0.2, 0) is 46.6 Å². The van der Waals surface area contributed by atoms with Gasteiger partial charge in [-0.05, 0) is 184 Å². The minimum Gasteiger partial charge on any atom is -0.478 e. The van der Waals surface area contributed by atoms with Crippen LogP contribution in [0.1, 0.15) is 288 Å². The van der Waals surface area contributed by atoms with Gasteiger partial charge in [0.05, 0.1) is 116 Å². The second kappa shape index (κ2) is 39.8. The highest BCUT2D eigenvalue weighted by Gasteiger charge is 2.38. The zero-order valence-corrected chi connectivity index (χ0v) is 77.8. The summed E-state index contributed by atoms with van der Waals surface area (Å²) in [4.78, 5) is 68.4. The average molecular weight is 1910 g/mol. The summed E-state index contributed by atoms with van der Waals surface area (Å²) >= 11 is 0. The van der Waals surface area contributed by atoms with Gasteiger partial charge in [-0.25, -0.2) is 39.0 Å². The molecule has 12 heterocycles. The van der Waals surface area contributed by atoms with E-state index in [-0.39, 0.29) is 37.1 Å². The summed E-state index contributed by atoms with van der Waals surface area (Å²) < 4.78 is 73.4. The number of hydrogen-bond donors (Lipinski definition) is 4. The summed E-state index contributed by atoms with van der Waals surface area (Å²) in [5, 5.41) is 23.9. The van der Waals surface area contributed by atoms with E-state index >= 15 is 0 Å². The van der Waals surface area contributed by atoms with Gasteiger partial charge in [-0.2, -0.15) is 25.4 Å². The lowest BCUT2D eigenvalue weighted by atomic mass is 9.81. The molecular weight excluding hydrogens is 1780 g/mol. The summed E-state index contributed by atoms with van der Waals surface area (Å²) in [6.45, 7) is 6.39. The molecule has 4 saturated carbocycles. The number of benzene rings is 8. The van der Waals surface area contributed by atoms with Crippen molar-refractivity contribution in [2.45, 2.75) is 229 Å². The molecule has 0 unspecified atom stereocenters. The van der Waals surface area contributed by atoms with Crippen molar-refractivity contribution >= 4 is 87.8 Å². The van der Waals surface area contributed by atoms with Gasteiger partial charge in [0.25, 0.3) is 11.8 Å². The molecule has 0 radical (unpaired) electrons. The number of nitrogens with zero attached hydrogens (tertiary/aromatic N) is 14. The molecule has 724 valence electrons. The molecule has 0 spiro atoms. The first-order chi connectivity index (χ1) is 64.9. The summed E-state index contributed by atoms with van der Waals surface area (Å²) in [6, 6.07) is 56.3. The molecule has 8 aromatic heterocycles. The lowest BCUT2D eigenvalue weighted by Gasteiger charge is -2.24. The first-order valence-corrected chi connectivity index (χ1v) is 49.9. The number of nitrogens with one attached hydrogen (secondary N) is 2. The standard InChI is InChI=1S/C28H31N5O3S.C27H29N5O3S.C26H25N3O2.C25H23N3O2.5CH4/c1-18-16-32-23-12-8-7-11-22(23)27-26(19-9-5-4-6-10-19)21-14-13-20(28(34)30-37(35,36)31(2)3)15-24(21)33(27)17-25(32)29-18;1-30(2)36(34,35)29-27(33)19-12-13-20-23(16-19)32-17-24-28-14-15-31(24)22-11-7-6-10-21(22)26(32)25(20)18-8-4-3-5-9-18;1-16-14-28-21-10-6-5-9-20(21)25-24(17-7-3-2-4-8-17)19-12-11-18(26(30)31)13-22(19)29(25)15-23(28)27-16;29-25(30)17-10-11-18-21(14-17)28-15-22-26-12-13-27(22)20-9-5-4-8-19(20)24(28)23(18)16-6-2-1-3-7-16;;;;;/h7-8,11-16,19H,4-6,9-10,17H2,1-3H3,(H,30,34);6-7,10-16,18H,3-5,8-9,17H2,1-2H3,(H,29,33);5-6,9-14,17H,2-4,7-8,15H2,1H3,(H,30,31);4-5,8-14,16H,1-3,6-7,15H2,(H,29,30);5*1H4. The molecule has 2 amide bonds.